The maximum Gasteiger partial charge on any atom is 0.328 e. The second-order valence-corrected chi connectivity index (χ2v) is 11.5. The van der Waals surface area contributed by atoms with Gasteiger partial charge in [-0.25, -0.2) is 17.9 Å². The van der Waals surface area contributed by atoms with Crippen LogP contribution in [-0.4, -0.2) is 32.1 Å². The Morgan fingerprint density at radius 3 is 2.29 bits per heavy atom. The van der Waals surface area contributed by atoms with Crippen molar-refractivity contribution in [2.75, 3.05) is 10.2 Å². The molecule has 0 atom stereocenters. The van der Waals surface area contributed by atoms with Gasteiger partial charge in [0.25, 0.3) is 15.9 Å². The van der Waals surface area contributed by atoms with E-state index in [9.17, 15) is 18.0 Å². The predicted octanol–water partition coefficient (Wildman–Crippen LogP) is 4.74. The number of carbonyl (C=O) groups excluding carboxylic acids is 2. The second-order valence-electron chi connectivity index (χ2n) is 9.81. The number of amides is 3. The summed E-state index contributed by atoms with van der Waals surface area (Å²) in [5.41, 5.74) is 1.52. The molecule has 2 aliphatic carbocycles. The van der Waals surface area contributed by atoms with Gasteiger partial charge in [0.05, 0.1) is 10.5 Å². The van der Waals surface area contributed by atoms with Crippen LogP contribution in [0.1, 0.15) is 74.6 Å². The summed E-state index contributed by atoms with van der Waals surface area (Å²) < 4.78 is 27.8. The molecule has 1 spiro atoms. The first-order valence-electron chi connectivity index (χ1n) is 12.5. The first kappa shape index (κ1) is 23.7. The Labute approximate surface area is 206 Å². The highest BCUT2D eigenvalue weighted by Crippen LogP contribution is 2.43. The zero-order valence-corrected chi connectivity index (χ0v) is 20.6. The van der Waals surface area contributed by atoms with Gasteiger partial charge >= 0.3 is 6.03 Å². The van der Waals surface area contributed by atoms with Gasteiger partial charge in [0.1, 0.15) is 5.66 Å². The Morgan fingerprint density at radius 2 is 1.57 bits per heavy atom. The smallest absolute Gasteiger partial charge is 0.328 e. The van der Waals surface area contributed by atoms with E-state index in [1.54, 1.807) is 23.1 Å². The Hall–Kier alpha value is -3.07. The fraction of sp³-hybridized carbons (Fsp3) is 0.462. The molecule has 2 aromatic rings. The molecular formula is C26H32N4O4S. The van der Waals surface area contributed by atoms with Gasteiger partial charge < -0.3 is 10.6 Å². The van der Waals surface area contributed by atoms with Crippen molar-refractivity contribution in [2.24, 2.45) is 0 Å². The quantitative estimate of drug-likeness (QED) is 0.567. The van der Waals surface area contributed by atoms with Crippen LogP contribution in [0, 0.1) is 0 Å². The van der Waals surface area contributed by atoms with Crippen LogP contribution in [0.3, 0.4) is 0 Å². The van der Waals surface area contributed by atoms with Crippen LogP contribution >= 0.6 is 0 Å². The maximum atomic E-state index is 13.6. The van der Waals surface area contributed by atoms with E-state index in [4.69, 9.17) is 0 Å². The van der Waals surface area contributed by atoms with Crippen molar-refractivity contribution in [1.29, 1.82) is 0 Å². The first-order chi connectivity index (χ1) is 16.9. The number of nitrogens with zero attached hydrogens (tertiary/aromatic N) is 1. The van der Waals surface area contributed by atoms with Gasteiger partial charge in [-0.05, 0) is 74.9 Å². The maximum absolute atomic E-state index is 13.6. The Morgan fingerprint density at radius 1 is 0.914 bits per heavy atom. The Bertz CT molecular complexity index is 1200. The minimum absolute atomic E-state index is 0.00787. The molecule has 5 rings (SSSR count). The number of fused-ring (bicyclic) bond motifs is 1. The molecule has 0 saturated heterocycles. The first-order valence-corrected chi connectivity index (χ1v) is 14.0. The third-order valence-corrected chi connectivity index (χ3v) is 8.76. The zero-order chi connectivity index (χ0) is 24.5. The summed E-state index contributed by atoms with van der Waals surface area (Å²) in [7, 11) is -4.03. The summed E-state index contributed by atoms with van der Waals surface area (Å²) in [5, 5.41) is 6.39. The lowest BCUT2D eigenvalue weighted by Gasteiger charge is -2.50. The average Bonchev–Trinajstić information content (AvgIpc) is 2.85. The molecule has 3 amide bonds. The van der Waals surface area contributed by atoms with E-state index in [0.29, 0.717) is 11.3 Å². The fourth-order valence-corrected chi connectivity index (χ4v) is 6.58. The number of hydrogen-bond acceptors (Lipinski definition) is 5. The highest BCUT2D eigenvalue weighted by molar-refractivity contribution is 7.90. The Balaban J connectivity index is 1.37. The van der Waals surface area contributed by atoms with E-state index in [2.05, 4.69) is 15.4 Å². The predicted molar refractivity (Wildman–Crippen MR) is 135 cm³/mol. The van der Waals surface area contributed by atoms with E-state index in [-0.39, 0.29) is 16.8 Å². The third kappa shape index (κ3) is 4.74. The number of urea groups is 1. The van der Waals surface area contributed by atoms with Crippen LogP contribution in [0.4, 0.5) is 16.2 Å². The summed E-state index contributed by atoms with van der Waals surface area (Å²) >= 11 is 0. The summed E-state index contributed by atoms with van der Waals surface area (Å²) in [4.78, 5) is 27.7. The van der Waals surface area contributed by atoms with Crippen LogP contribution in [-0.2, 0) is 10.0 Å². The van der Waals surface area contributed by atoms with Crippen LogP contribution in [0.15, 0.2) is 53.4 Å². The van der Waals surface area contributed by atoms with Crippen molar-refractivity contribution in [1.82, 2.24) is 10.0 Å². The van der Waals surface area contributed by atoms with Gasteiger partial charge in [-0.15, -0.1) is 0 Å². The van der Waals surface area contributed by atoms with Gasteiger partial charge in [-0.3, -0.25) is 9.69 Å². The normalized spacial score (nSPS) is 20.1. The number of anilines is 2. The number of nitrogens with one attached hydrogen (secondary N) is 3. The molecule has 2 fully saturated rings. The monoisotopic (exact) mass is 496 g/mol. The molecule has 0 bridgehead atoms. The average molecular weight is 497 g/mol. The molecule has 3 aliphatic rings. The fourth-order valence-electron chi connectivity index (χ4n) is 5.67. The molecule has 8 nitrogen and oxygen atoms in total. The molecule has 3 N–H and O–H groups in total. The largest absolute Gasteiger partial charge is 0.362 e. The van der Waals surface area contributed by atoms with E-state index >= 15 is 0 Å². The molecule has 1 aliphatic heterocycles. The van der Waals surface area contributed by atoms with Crippen LogP contribution in [0.25, 0.3) is 0 Å². The number of para-hydroxylation sites is 1. The minimum atomic E-state index is -4.03. The molecule has 0 radical (unpaired) electrons. The van der Waals surface area contributed by atoms with E-state index in [1.807, 2.05) is 18.2 Å². The van der Waals surface area contributed by atoms with Crippen molar-refractivity contribution in [3.63, 3.8) is 0 Å². The SMILES string of the molecule is O=C(NC1CCCCC1)NS(=O)(=O)c1ccc(N2C(=O)c3ccccc3NC23CCCCC3)cc1. The molecule has 186 valence electrons. The highest BCUT2D eigenvalue weighted by Gasteiger charge is 2.46. The molecule has 2 aromatic carbocycles. The molecule has 35 heavy (non-hydrogen) atoms. The van der Waals surface area contributed by atoms with Crippen molar-refractivity contribution in [3.8, 4) is 0 Å². The molecule has 2 saturated carbocycles. The lowest BCUT2D eigenvalue weighted by molar-refractivity contribution is 0.0938. The highest BCUT2D eigenvalue weighted by atomic mass is 32.2. The molecule has 0 aromatic heterocycles. The zero-order valence-electron chi connectivity index (χ0n) is 19.8. The van der Waals surface area contributed by atoms with Crippen molar-refractivity contribution >= 4 is 33.3 Å². The van der Waals surface area contributed by atoms with Gasteiger partial charge in [0.15, 0.2) is 0 Å². The van der Waals surface area contributed by atoms with Crippen molar-refractivity contribution in [2.45, 2.75) is 80.8 Å². The topological polar surface area (TPSA) is 108 Å². The Kier molecular flexibility index (Phi) is 6.44. The number of rotatable bonds is 4. The molecule has 9 heteroatoms. The van der Waals surface area contributed by atoms with Crippen LogP contribution in [0.5, 0.6) is 0 Å². The van der Waals surface area contributed by atoms with Crippen LogP contribution in [0.2, 0.25) is 0 Å². The molecule has 0 unspecified atom stereocenters. The summed E-state index contributed by atoms with van der Waals surface area (Å²) in [6.45, 7) is 0. The van der Waals surface area contributed by atoms with E-state index in [1.165, 1.54) is 12.1 Å². The van der Waals surface area contributed by atoms with Crippen molar-refractivity contribution < 1.29 is 18.0 Å². The number of carbonyl (C=O) groups is 2. The molecular weight excluding hydrogens is 464 g/mol. The van der Waals surface area contributed by atoms with Gasteiger partial charge in [0, 0.05) is 17.4 Å². The third-order valence-electron chi connectivity index (χ3n) is 7.41. The number of benzene rings is 2. The molecule has 1 heterocycles. The summed E-state index contributed by atoms with van der Waals surface area (Å²) in [6, 6.07) is 13.0. The van der Waals surface area contributed by atoms with Crippen LogP contribution < -0.4 is 20.3 Å². The lowest BCUT2D eigenvalue weighted by Crippen LogP contribution is -2.61. The van der Waals surface area contributed by atoms with Gasteiger partial charge in [-0.2, -0.15) is 0 Å². The summed E-state index contributed by atoms with van der Waals surface area (Å²) in [5.74, 6) is -0.0955. The minimum Gasteiger partial charge on any atom is -0.362 e. The number of sulfonamides is 1. The van der Waals surface area contributed by atoms with Gasteiger partial charge in [0.2, 0.25) is 0 Å². The van der Waals surface area contributed by atoms with Gasteiger partial charge in [-0.1, -0.05) is 37.8 Å². The standard InChI is InChI=1S/C26H32N4O4S/c31-24-22-11-5-6-12-23(22)28-26(17-7-2-8-18-26)30(24)20-13-15-21(16-14-20)35(33,34)29-25(32)27-19-9-3-1-4-10-19/h5-6,11-16,19,28H,1-4,7-10,17-18H2,(H2,27,29,32). The number of hydrogen-bond donors (Lipinski definition) is 3. The lowest BCUT2D eigenvalue weighted by atomic mass is 9.84. The van der Waals surface area contributed by atoms with E-state index in [0.717, 1.165) is 69.9 Å². The second kappa shape index (κ2) is 9.53. The summed E-state index contributed by atoms with van der Waals surface area (Å²) in [6.07, 6.45) is 9.72. The van der Waals surface area contributed by atoms with E-state index < -0.39 is 21.7 Å². The van der Waals surface area contributed by atoms with Crippen molar-refractivity contribution in [3.05, 3.63) is 54.1 Å².